The highest BCUT2D eigenvalue weighted by Gasteiger charge is 2.27. The van der Waals surface area contributed by atoms with E-state index in [1.54, 1.807) is 24.4 Å². The van der Waals surface area contributed by atoms with Crippen LogP contribution in [0.25, 0.3) is 0 Å². The standard InChI is InChI=1S/C23H31N3O6/c1-5-29-18-14-16(15-19(30-6-2)21(18)31-7-3)22(27)26-12-9-17(10-13-26)32-20-8-11-24-23(25-20)28-4/h8,11,14-15,17H,5-7,9-10,12-13H2,1-4H3. The molecule has 0 bridgehead atoms. The molecule has 0 N–H and O–H groups in total. The second-order valence-corrected chi connectivity index (χ2v) is 7.09. The number of benzene rings is 1. The molecule has 174 valence electrons. The van der Waals surface area contributed by atoms with Crippen LogP contribution in [-0.2, 0) is 0 Å². The Kier molecular flexibility index (Phi) is 8.35. The molecule has 32 heavy (non-hydrogen) atoms. The number of amides is 1. The van der Waals surface area contributed by atoms with E-state index in [2.05, 4.69) is 9.97 Å². The molecule has 1 aliphatic heterocycles. The molecule has 1 aliphatic rings. The topological polar surface area (TPSA) is 92.2 Å². The predicted octanol–water partition coefficient (Wildman–Crippen LogP) is 3.36. The van der Waals surface area contributed by atoms with E-state index in [9.17, 15) is 4.79 Å². The summed E-state index contributed by atoms with van der Waals surface area (Å²) in [5, 5.41) is 0. The number of hydrogen-bond acceptors (Lipinski definition) is 8. The summed E-state index contributed by atoms with van der Waals surface area (Å²) in [6.45, 7) is 8.22. The molecule has 0 radical (unpaired) electrons. The normalized spacial score (nSPS) is 14.1. The minimum Gasteiger partial charge on any atom is -0.490 e. The van der Waals surface area contributed by atoms with Crippen LogP contribution in [0, 0.1) is 0 Å². The fourth-order valence-electron chi connectivity index (χ4n) is 3.53. The van der Waals surface area contributed by atoms with E-state index in [0.717, 1.165) is 0 Å². The van der Waals surface area contributed by atoms with Crippen molar-refractivity contribution in [2.45, 2.75) is 39.7 Å². The third-order valence-corrected chi connectivity index (χ3v) is 4.96. The number of likely N-dealkylation sites (tertiary alicyclic amines) is 1. The first-order valence-corrected chi connectivity index (χ1v) is 11.0. The SMILES string of the molecule is CCOc1cc(C(=O)N2CCC(Oc3ccnc(OC)n3)CC2)cc(OCC)c1OCC. The van der Waals surface area contributed by atoms with Gasteiger partial charge in [0.05, 0.1) is 26.9 Å². The van der Waals surface area contributed by atoms with Gasteiger partial charge < -0.3 is 28.6 Å². The fraction of sp³-hybridized carbons (Fsp3) is 0.522. The summed E-state index contributed by atoms with van der Waals surface area (Å²) in [4.78, 5) is 23.2. The zero-order valence-corrected chi connectivity index (χ0v) is 19.1. The van der Waals surface area contributed by atoms with Gasteiger partial charge in [-0.3, -0.25) is 4.79 Å². The number of aromatic nitrogens is 2. The van der Waals surface area contributed by atoms with Gasteiger partial charge in [-0.1, -0.05) is 0 Å². The Balaban J connectivity index is 1.69. The highest BCUT2D eigenvalue weighted by Crippen LogP contribution is 2.39. The van der Waals surface area contributed by atoms with Crippen LogP contribution in [0.1, 0.15) is 44.0 Å². The van der Waals surface area contributed by atoms with Crippen LogP contribution in [0.15, 0.2) is 24.4 Å². The van der Waals surface area contributed by atoms with Gasteiger partial charge in [0.25, 0.3) is 5.91 Å². The average molecular weight is 446 g/mol. The lowest BCUT2D eigenvalue weighted by Crippen LogP contribution is -2.41. The average Bonchev–Trinajstić information content (AvgIpc) is 2.81. The second kappa shape index (κ2) is 11.4. The van der Waals surface area contributed by atoms with E-state index in [1.165, 1.54) is 7.11 Å². The molecule has 0 saturated carbocycles. The van der Waals surface area contributed by atoms with Crippen molar-refractivity contribution in [2.75, 3.05) is 40.0 Å². The molecule has 3 rings (SSSR count). The molecular formula is C23H31N3O6. The van der Waals surface area contributed by atoms with E-state index >= 15 is 0 Å². The highest BCUT2D eigenvalue weighted by molar-refractivity contribution is 5.95. The van der Waals surface area contributed by atoms with Crippen molar-refractivity contribution in [3.8, 4) is 29.1 Å². The maximum atomic E-state index is 13.2. The molecule has 0 atom stereocenters. The zero-order valence-electron chi connectivity index (χ0n) is 19.1. The number of hydrogen-bond donors (Lipinski definition) is 0. The number of carbonyl (C=O) groups excluding carboxylic acids is 1. The molecule has 0 spiro atoms. The van der Waals surface area contributed by atoms with Gasteiger partial charge in [0, 0.05) is 43.8 Å². The number of carbonyl (C=O) groups is 1. The largest absolute Gasteiger partial charge is 0.490 e. The molecule has 1 saturated heterocycles. The molecule has 1 fully saturated rings. The Morgan fingerprint density at radius 2 is 1.66 bits per heavy atom. The third kappa shape index (κ3) is 5.72. The number of ether oxygens (including phenoxy) is 5. The monoisotopic (exact) mass is 445 g/mol. The molecule has 9 heteroatoms. The highest BCUT2D eigenvalue weighted by atomic mass is 16.5. The quantitative estimate of drug-likeness (QED) is 0.550. The molecule has 2 aromatic rings. The predicted molar refractivity (Wildman–Crippen MR) is 118 cm³/mol. The van der Waals surface area contributed by atoms with Crippen molar-refractivity contribution in [2.24, 2.45) is 0 Å². The van der Waals surface area contributed by atoms with E-state index in [0.29, 0.717) is 74.4 Å². The van der Waals surface area contributed by atoms with E-state index < -0.39 is 0 Å². The van der Waals surface area contributed by atoms with Crippen LogP contribution < -0.4 is 23.7 Å². The van der Waals surface area contributed by atoms with Crippen molar-refractivity contribution in [3.05, 3.63) is 30.0 Å². The van der Waals surface area contributed by atoms with Crippen molar-refractivity contribution in [1.29, 1.82) is 0 Å². The van der Waals surface area contributed by atoms with Gasteiger partial charge in [-0.05, 0) is 32.9 Å². The first-order valence-electron chi connectivity index (χ1n) is 11.0. The molecule has 0 aliphatic carbocycles. The lowest BCUT2D eigenvalue weighted by molar-refractivity contribution is 0.0585. The molecule has 0 unspecified atom stereocenters. The summed E-state index contributed by atoms with van der Waals surface area (Å²) in [6.07, 6.45) is 2.96. The van der Waals surface area contributed by atoms with Gasteiger partial charge >= 0.3 is 6.01 Å². The Hall–Kier alpha value is -3.23. The van der Waals surface area contributed by atoms with Crippen LogP contribution in [-0.4, -0.2) is 66.9 Å². The molecule has 1 amide bonds. The Labute approximate surface area is 188 Å². The molecule has 2 heterocycles. The van der Waals surface area contributed by atoms with Crippen LogP contribution >= 0.6 is 0 Å². The number of rotatable bonds is 10. The maximum absolute atomic E-state index is 13.2. The minimum absolute atomic E-state index is 0.0306. The fourth-order valence-corrected chi connectivity index (χ4v) is 3.53. The van der Waals surface area contributed by atoms with Crippen molar-refractivity contribution < 1.29 is 28.5 Å². The number of piperidine rings is 1. The van der Waals surface area contributed by atoms with Gasteiger partial charge in [-0.25, -0.2) is 4.98 Å². The van der Waals surface area contributed by atoms with E-state index in [-0.39, 0.29) is 18.0 Å². The molecule has 1 aromatic carbocycles. The summed E-state index contributed by atoms with van der Waals surface area (Å²) in [5.41, 5.74) is 0.514. The summed E-state index contributed by atoms with van der Waals surface area (Å²) in [7, 11) is 1.51. The number of methoxy groups -OCH3 is 1. The van der Waals surface area contributed by atoms with Crippen molar-refractivity contribution in [3.63, 3.8) is 0 Å². The van der Waals surface area contributed by atoms with Gasteiger partial charge in [0.15, 0.2) is 11.5 Å². The van der Waals surface area contributed by atoms with Gasteiger partial charge in [0.1, 0.15) is 6.10 Å². The maximum Gasteiger partial charge on any atom is 0.319 e. The van der Waals surface area contributed by atoms with Crippen LogP contribution in [0.2, 0.25) is 0 Å². The number of nitrogens with zero attached hydrogens (tertiary/aromatic N) is 3. The minimum atomic E-state index is -0.0721. The Bertz CT molecular complexity index is 872. The molecule has 9 nitrogen and oxygen atoms in total. The molecular weight excluding hydrogens is 414 g/mol. The van der Waals surface area contributed by atoms with Crippen molar-refractivity contribution >= 4 is 5.91 Å². The Morgan fingerprint density at radius 3 is 2.22 bits per heavy atom. The second-order valence-electron chi connectivity index (χ2n) is 7.09. The zero-order chi connectivity index (χ0) is 22.9. The molecule has 1 aromatic heterocycles. The van der Waals surface area contributed by atoms with Gasteiger partial charge in [-0.2, -0.15) is 4.98 Å². The van der Waals surface area contributed by atoms with E-state index in [4.69, 9.17) is 23.7 Å². The summed E-state index contributed by atoms with van der Waals surface area (Å²) in [6, 6.07) is 5.43. The summed E-state index contributed by atoms with van der Waals surface area (Å²) >= 11 is 0. The summed E-state index contributed by atoms with van der Waals surface area (Å²) in [5.74, 6) is 1.95. The summed E-state index contributed by atoms with van der Waals surface area (Å²) < 4.78 is 28.2. The van der Waals surface area contributed by atoms with Crippen LogP contribution in [0.5, 0.6) is 29.1 Å². The van der Waals surface area contributed by atoms with Crippen LogP contribution in [0.3, 0.4) is 0 Å². The van der Waals surface area contributed by atoms with Gasteiger partial charge in [0.2, 0.25) is 11.6 Å². The van der Waals surface area contributed by atoms with Gasteiger partial charge in [-0.15, -0.1) is 0 Å². The smallest absolute Gasteiger partial charge is 0.319 e. The van der Waals surface area contributed by atoms with Crippen molar-refractivity contribution in [1.82, 2.24) is 14.9 Å². The lowest BCUT2D eigenvalue weighted by atomic mass is 10.1. The first kappa shape index (κ1) is 23.4. The van der Waals surface area contributed by atoms with E-state index in [1.807, 2.05) is 25.7 Å². The third-order valence-electron chi connectivity index (χ3n) is 4.96. The first-order chi connectivity index (χ1) is 15.6. The van der Waals surface area contributed by atoms with Crippen LogP contribution in [0.4, 0.5) is 0 Å². The lowest BCUT2D eigenvalue weighted by Gasteiger charge is -2.32. The Morgan fingerprint density at radius 1 is 1.03 bits per heavy atom.